The fourth-order valence-corrected chi connectivity index (χ4v) is 2.95. The maximum absolute atomic E-state index is 3.55. The average molecular weight is 281 g/mol. The second kappa shape index (κ2) is 4.38. The van der Waals surface area contributed by atoms with Crippen LogP contribution in [-0.2, 0) is 6.42 Å². The Hall–Kier alpha value is -0.540. The molecule has 1 saturated heterocycles. The van der Waals surface area contributed by atoms with Gasteiger partial charge in [0, 0.05) is 23.2 Å². The molecule has 1 atom stereocenters. The van der Waals surface area contributed by atoms with E-state index >= 15 is 0 Å². The molecule has 0 radical (unpaired) electrons. The van der Waals surface area contributed by atoms with Gasteiger partial charge in [0.1, 0.15) is 0 Å². The van der Waals surface area contributed by atoms with Crippen molar-refractivity contribution in [2.24, 2.45) is 5.92 Å². The van der Waals surface area contributed by atoms with Crippen molar-refractivity contribution in [3.05, 3.63) is 28.2 Å². The van der Waals surface area contributed by atoms with Crippen LogP contribution in [0, 0.1) is 5.92 Å². The van der Waals surface area contributed by atoms with Crippen LogP contribution in [0.4, 0.5) is 5.69 Å². The van der Waals surface area contributed by atoms with E-state index < -0.39 is 0 Å². The predicted molar refractivity (Wildman–Crippen MR) is 70.9 cm³/mol. The highest BCUT2D eigenvalue weighted by Gasteiger charge is 2.23. The van der Waals surface area contributed by atoms with Crippen molar-refractivity contribution < 1.29 is 0 Å². The number of halogens is 1. The first-order chi connectivity index (χ1) is 7.81. The summed E-state index contributed by atoms with van der Waals surface area (Å²) in [6.45, 7) is 5.01. The van der Waals surface area contributed by atoms with Crippen molar-refractivity contribution in [3.63, 3.8) is 0 Å². The number of hydrogen-bond donors (Lipinski definition) is 1. The highest BCUT2D eigenvalue weighted by molar-refractivity contribution is 9.10. The molecule has 3 rings (SSSR count). The van der Waals surface area contributed by atoms with Gasteiger partial charge in [-0.25, -0.2) is 0 Å². The Bertz CT molecular complexity index is 388. The highest BCUT2D eigenvalue weighted by Crippen LogP contribution is 2.28. The summed E-state index contributed by atoms with van der Waals surface area (Å²) in [4.78, 5) is 2.57. The van der Waals surface area contributed by atoms with Gasteiger partial charge in [-0.2, -0.15) is 0 Å². The zero-order chi connectivity index (χ0) is 11.0. The van der Waals surface area contributed by atoms with Crippen LogP contribution < -0.4 is 5.32 Å². The van der Waals surface area contributed by atoms with E-state index in [1.54, 1.807) is 0 Å². The maximum Gasteiger partial charge on any atom is 0.0384 e. The van der Waals surface area contributed by atoms with Crippen LogP contribution in [0.2, 0.25) is 0 Å². The first-order valence-corrected chi connectivity index (χ1v) is 6.85. The van der Waals surface area contributed by atoms with Gasteiger partial charge in [-0.3, -0.25) is 0 Å². The molecule has 16 heavy (non-hydrogen) atoms. The first-order valence-electron chi connectivity index (χ1n) is 6.06. The van der Waals surface area contributed by atoms with Gasteiger partial charge in [0.05, 0.1) is 0 Å². The lowest BCUT2D eigenvalue weighted by Gasteiger charge is -2.36. The van der Waals surface area contributed by atoms with Crippen molar-refractivity contribution in [1.82, 2.24) is 4.90 Å². The van der Waals surface area contributed by atoms with E-state index in [9.17, 15) is 0 Å². The second-order valence-electron chi connectivity index (χ2n) is 4.91. The second-order valence-corrected chi connectivity index (χ2v) is 5.82. The molecular weight excluding hydrogens is 264 g/mol. The van der Waals surface area contributed by atoms with E-state index in [1.807, 2.05) is 0 Å². The molecule has 1 fully saturated rings. The van der Waals surface area contributed by atoms with E-state index in [2.05, 4.69) is 44.3 Å². The third-order valence-corrected chi connectivity index (χ3v) is 4.12. The van der Waals surface area contributed by atoms with Crippen molar-refractivity contribution >= 4 is 21.6 Å². The van der Waals surface area contributed by atoms with E-state index in [1.165, 1.54) is 48.2 Å². The molecule has 0 amide bonds. The molecule has 2 heterocycles. The molecule has 2 aliphatic heterocycles. The molecule has 1 aromatic carbocycles. The van der Waals surface area contributed by atoms with Gasteiger partial charge in [0.25, 0.3) is 0 Å². The normalized spacial score (nSPS) is 24.4. The summed E-state index contributed by atoms with van der Waals surface area (Å²) in [5.41, 5.74) is 2.79. The molecule has 0 spiro atoms. The van der Waals surface area contributed by atoms with Crippen molar-refractivity contribution in [1.29, 1.82) is 0 Å². The minimum Gasteiger partial charge on any atom is -0.384 e. The fraction of sp³-hybridized carbons (Fsp3) is 0.538. The number of rotatable bonds is 2. The molecule has 0 bridgehead atoms. The molecule has 0 saturated carbocycles. The maximum atomic E-state index is 3.55. The summed E-state index contributed by atoms with van der Waals surface area (Å²) >= 11 is 3.52. The highest BCUT2D eigenvalue weighted by atomic mass is 79.9. The quantitative estimate of drug-likeness (QED) is 0.896. The Balaban J connectivity index is 1.68. The van der Waals surface area contributed by atoms with Crippen LogP contribution >= 0.6 is 15.9 Å². The first kappa shape index (κ1) is 10.6. The largest absolute Gasteiger partial charge is 0.384 e. The van der Waals surface area contributed by atoms with E-state index in [0.29, 0.717) is 0 Å². The number of hydrogen-bond acceptors (Lipinski definition) is 2. The molecule has 3 heteroatoms. The van der Waals surface area contributed by atoms with Crippen LogP contribution in [0.5, 0.6) is 0 Å². The van der Waals surface area contributed by atoms with Crippen molar-refractivity contribution in [2.75, 3.05) is 31.5 Å². The summed E-state index contributed by atoms with van der Waals surface area (Å²) in [5, 5.41) is 3.55. The summed E-state index contributed by atoms with van der Waals surface area (Å²) in [5.74, 6) is 0.786. The van der Waals surface area contributed by atoms with Gasteiger partial charge in [-0.15, -0.1) is 0 Å². The summed E-state index contributed by atoms with van der Waals surface area (Å²) in [6, 6.07) is 6.58. The molecule has 86 valence electrons. The molecular formula is C13H17BrN2. The van der Waals surface area contributed by atoms with E-state index in [0.717, 1.165) is 12.5 Å². The standard InChI is InChI=1S/C13H17BrN2/c14-12-3-2-11-6-10(8-15-13(11)7-12)9-16-4-1-5-16/h2-3,7,10,15H,1,4-6,8-9H2. The number of fused-ring (bicyclic) bond motifs is 1. The van der Waals surface area contributed by atoms with Crippen LogP contribution in [0.3, 0.4) is 0 Å². The number of likely N-dealkylation sites (tertiary alicyclic amines) is 1. The number of nitrogens with zero attached hydrogens (tertiary/aromatic N) is 1. The third-order valence-electron chi connectivity index (χ3n) is 3.63. The monoisotopic (exact) mass is 280 g/mol. The molecule has 0 aromatic heterocycles. The molecule has 2 aliphatic rings. The third kappa shape index (κ3) is 2.11. The van der Waals surface area contributed by atoms with Gasteiger partial charge in [0.15, 0.2) is 0 Å². The van der Waals surface area contributed by atoms with Crippen LogP contribution in [0.15, 0.2) is 22.7 Å². The molecule has 1 unspecified atom stereocenters. The minimum absolute atomic E-state index is 0.786. The molecule has 1 aromatic rings. The Morgan fingerprint density at radius 1 is 1.38 bits per heavy atom. The summed E-state index contributed by atoms with van der Waals surface area (Å²) < 4.78 is 1.17. The van der Waals surface area contributed by atoms with Gasteiger partial charge < -0.3 is 10.2 Å². The Morgan fingerprint density at radius 2 is 2.25 bits per heavy atom. The number of anilines is 1. The Labute approximate surface area is 105 Å². The summed E-state index contributed by atoms with van der Waals surface area (Å²) in [7, 11) is 0. The van der Waals surface area contributed by atoms with Crippen LogP contribution in [0.1, 0.15) is 12.0 Å². The molecule has 1 N–H and O–H groups in total. The predicted octanol–water partition coefficient (Wildman–Crippen LogP) is 2.74. The smallest absolute Gasteiger partial charge is 0.0384 e. The Kier molecular flexibility index (Phi) is 2.90. The van der Waals surface area contributed by atoms with Crippen molar-refractivity contribution in [3.8, 4) is 0 Å². The fourth-order valence-electron chi connectivity index (χ4n) is 2.59. The minimum atomic E-state index is 0.786. The van der Waals surface area contributed by atoms with Crippen molar-refractivity contribution in [2.45, 2.75) is 12.8 Å². The topological polar surface area (TPSA) is 15.3 Å². The number of benzene rings is 1. The Morgan fingerprint density at radius 3 is 3.00 bits per heavy atom. The van der Waals surface area contributed by atoms with E-state index in [-0.39, 0.29) is 0 Å². The van der Waals surface area contributed by atoms with Gasteiger partial charge in [-0.1, -0.05) is 22.0 Å². The zero-order valence-electron chi connectivity index (χ0n) is 9.38. The van der Waals surface area contributed by atoms with Gasteiger partial charge in [0.2, 0.25) is 0 Å². The lowest BCUT2D eigenvalue weighted by molar-refractivity contribution is 0.154. The lowest BCUT2D eigenvalue weighted by Crippen LogP contribution is -2.43. The van der Waals surface area contributed by atoms with Gasteiger partial charge in [-0.05, 0) is 49.5 Å². The van der Waals surface area contributed by atoms with E-state index in [4.69, 9.17) is 0 Å². The SMILES string of the molecule is Brc1ccc2c(c1)NCC(CN1CCC1)C2. The molecule has 0 aliphatic carbocycles. The van der Waals surface area contributed by atoms with Gasteiger partial charge >= 0.3 is 0 Å². The van der Waals surface area contributed by atoms with Crippen LogP contribution in [0.25, 0.3) is 0 Å². The lowest BCUT2D eigenvalue weighted by atomic mass is 9.93. The number of nitrogens with one attached hydrogen (secondary N) is 1. The zero-order valence-corrected chi connectivity index (χ0v) is 11.0. The summed E-state index contributed by atoms with van der Waals surface area (Å²) in [6.07, 6.45) is 2.62. The molecule has 2 nitrogen and oxygen atoms in total. The average Bonchev–Trinajstić information content (AvgIpc) is 2.23. The van der Waals surface area contributed by atoms with Crippen LogP contribution in [-0.4, -0.2) is 31.1 Å².